The lowest BCUT2D eigenvalue weighted by molar-refractivity contribution is 0.305. The van der Waals surface area contributed by atoms with Gasteiger partial charge < -0.3 is 9.47 Å². The van der Waals surface area contributed by atoms with E-state index in [0.29, 0.717) is 11.6 Å². The van der Waals surface area contributed by atoms with Crippen LogP contribution in [0.15, 0.2) is 30.3 Å². The Morgan fingerprint density at radius 3 is 2.62 bits per heavy atom. The highest BCUT2D eigenvalue weighted by molar-refractivity contribution is 9.09. The molecule has 0 saturated heterocycles. The van der Waals surface area contributed by atoms with Crippen LogP contribution in [-0.4, -0.2) is 19.0 Å². The molecule has 0 radical (unpaired) electrons. The number of hydrogen-bond acceptors (Lipinski definition) is 2. The predicted octanol–water partition coefficient (Wildman–Crippen LogP) is 5.84. The zero-order valence-electron chi connectivity index (χ0n) is 12.2. The van der Waals surface area contributed by atoms with Crippen molar-refractivity contribution in [2.45, 2.75) is 25.7 Å². The molecular weight excluding hydrogens is 352 g/mol. The van der Waals surface area contributed by atoms with Crippen molar-refractivity contribution in [1.29, 1.82) is 0 Å². The first-order valence-corrected chi connectivity index (χ1v) is 8.71. The molecule has 0 heterocycles. The SMILES string of the molecule is COc1ccc2c(Cl)c(OCCCCCCBr)ccc2c1. The van der Waals surface area contributed by atoms with E-state index < -0.39 is 0 Å². The first-order chi connectivity index (χ1) is 10.3. The molecule has 0 aliphatic heterocycles. The van der Waals surface area contributed by atoms with Gasteiger partial charge in [0, 0.05) is 10.7 Å². The van der Waals surface area contributed by atoms with Gasteiger partial charge in [0.2, 0.25) is 0 Å². The molecule has 21 heavy (non-hydrogen) atoms. The Balaban J connectivity index is 1.99. The van der Waals surface area contributed by atoms with Crippen LogP contribution in [0.2, 0.25) is 5.02 Å². The summed E-state index contributed by atoms with van der Waals surface area (Å²) in [5.74, 6) is 1.59. The average Bonchev–Trinajstić information content (AvgIpc) is 2.52. The van der Waals surface area contributed by atoms with Crippen molar-refractivity contribution in [3.05, 3.63) is 35.4 Å². The Hall–Kier alpha value is -0.930. The van der Waals surface area contributed by atoms with Gasteiger partial charge >= 0.3 is 0 Å². The second-order valence-electron chi connectivity index (χ2n) is 4.92. The molecule has 0 fully saturated rings. The summed E-state index contributed by atoms with van der Waals surface area (Å²) in [6.07, 6.45) is 4.70. The van der Waals surface area contributed by atoms with Crippen molar-refractivity contribution in [2.75, 3.05) is 19.0 Å². The second-order valence-corrected chi connectivity index (χ2v) is 6.09. The fourth-order valence-electron chi connectivity index (χ4n) is 2.22. The highest BCUT2D eigenvalue weighted by Crippen LogP contribution is 2.34. The van der Waals surface area contributed by atoms with Crippen LogP contribution < -0.4 is 9.47 Å². The minimum absolute atomic E-state index is 0.676. The van der Waals surface area contributed by atoms with Crippen molar-refractivity contribution >= 4 is 38.3 Å². The van der Waals surface area contributed by atoms with Gasteiger partial charge in [0.15, 0.2) is 0 Å². The van der Waals surface area contributed by atoms with Crippen molar-refractivity contribution in [2.24, 2.45) is 0 Å². The summed E-state index contributed by atoms with van der Waals surface area (Å²) in [4.78, 5) is 0. The van der Waals surface area contributed by atoms with Crippen LogP contribution in [0.5, 0.6) is 11.5 Å². The molecule has 0 amide bonds. The molecule has 2 nitrogen and oxygen atoms in total. The van der Waals surface area contributed by atoms with E-state index in [9.17, 15) is 0 Å². The minimum atomic E-state index is 0.676. The first-order valence-electron chi connectivity index (χ1n) is 7.21. The Morgan fingerprint density at radius 1 is 1.05 bits per heavy atom. The van der Waals surface area contributed by atoms with E-state index in [4.69, 9.17) is 21.1 Å². The molecule has 0 N–H and O–H groups in total. The number of halogens is 2. The number of alkyl halides is 1. The third-order valence-electron chi connectivity index (χ3n) is 3.41. The monoisotopic (exact) mass is 370 g/mol. The Kier molecular flexibility index (Phi) is 6.65. The van der Waals surface area contributed by atoms with Crippen molar-refractivity contribution in [1.82, 2.24) is 0 Å². The van der Waals surface area contributed by atoms with E-state index in [1.807, 2.05) is 30.3 Å². The Labute approximate surface area is 139 Å². The fraction of sp³-hybridized carbons (Fsp3) is 0.412. The number of hydrogen-bond donors (Lipinski definition) is 0. The fourth-order valence-corrected chi connectivity index (χ4v) is 2.91. The molecule has 0 unspecified atom stereocenters. The van der Waals surface area contributed by atoms with Crippen LogP contribution in [0.1, 0.15) is 25.7 Å². The van der Waals surface area contributed by atoms with E-state index in [2.05, 4.69) is 15.9 Å². The molecule has 2 rings (SSSR count). The molecule has 0 bridgehead atoms. The summed E-state index contributed by atoms with van der Waals surface area (Å²) < 4.78 is 11.0. The largest absolute Gasteiger partial charge is 0.497 e. The van der Waals surface area contributed by atoms with Gasteiger partial charge in [0.25, 0.3) is 0 Å². The standard InChI is InChI=1S/C17H20BrClO2/c1-20-14-7-8-15-13(12-14)6-9-16(17(15)19)21-11-5-3-2-4-10-18/h6-9,12H,2-5,10-11H2,1H3. The summed E-state index contributed by atoms with van der Waals surface area (Å²) in [5, 5.41) is 3.81. The van der Waals surface area contributed by atoms with Crippen LogP contribution in [0.3, 0.4) is 0 Å². The van der Waals surface area contributed by atoms with Gasteiger partial charge in [0.05, 0.1) is 18.7 Å². The van der Waals surface area contributed by atoms with Gasteiger partial charge in [-0.3, -0.25) is 0 Å². The maximum atomic E-state index is 6.43. The third kappa shape index (κ3) is 4.52. The number of ether oxygens (including phenoxy) is 2. The minimum Gasteiger partial charge on any atom is -0.497 e. The first kappa shape index (κ1) is 16.4. The topological polar surface area (TPSA) is 18.5 Å². The van der Waals surface area contributed by atoms with Crippen LogP contribution >= 0.6 is 27.5 Å². The predicted molar refractivity (Wildman–Crippen MR) is 93.3 cm³/mol. The summed E-state index contributed by atoms with van der Waals surface area (Å²) in [5.41, 5.74) is 0. The van der Waals surface area contributed by atoms with E-state index >= 15 is 0 Å². The van der Waals surface area contributed by atoms with Gasteiger partial charge in [-0.25, -0.2) is 0 Å². The molecule has 0 aliphatic rings. The summed E-state index contributed by atoms with van der Waals surface area (Å²) >= 11 is 9.87. The second kappa shape index (κ2) is 8.50. The molecule has 0 aromatic heterocycles. The zero-order chi connectivity index (χ0) is 15.1. The summed E-state index contributed by atoms with van der Waals surface area (Å²) in [6, 6.07) is 9.81. The number of methoxy groups -OCH3 is 1. The van der Waals surface area contributed by atoms with Gasteiger partial charge in [-0.05, 0) is 42.5 Å². The lowest BCUT2D eigenvalue weighted by Crippen LogP contribution is -1.98. The van der Waals surface area contributed by atoms with E-state index in [-0.39, 0.29) is 0 Å². The number of benzene rings is 2. The van der Waals surface area contributed by atoms with Crippen LogP contribution in [0.25, 0.3) is 10.8 Å². The zero-order valence-corrected chi connectivity index (χ0v) is 14.5. The molecule has 0 spiro atoms. The molecule has 0 aliphatic carbocycles. The molecule has 2 aromatic carbocycles. The Morgan fingerprint density at radius 2 is 1.86 bits per heavy atom. The number of unbranched alkanes of at least 4 members (excludes halogenated alkanes) is 3. The molecular formula is C17H20BrClO2. The highest BCUT2D eigenvalue weighted by atomic mass is 79.9. The maximum absolute atomic E-state index is 6.43. The van der Waals surface area contributed by atoms with Gasteiger partial charge in [0.1, 0.15) is 11.5 Å². The molecule has 0 saturated carbocycles. The van der Waals surface area contributed by atoms with Gasteiger partial charge in [-0.2, -0.15) is 0 Å². The van der Waals surface area contributed by atoms with Crippen molar-refractivity contribution in [3.8, 4) is 11.5 Å². The van der Waals surface area contributed by atoms with Crippen LogP contribution in [0, 0.1) is 0 Å². The molecule has 0 atom stereocenters. The van der Waals surface area contributed by atoms with Gasteiger partial charge in [-0.1, -0.05) is 46.4 Å². The van der Waals surface area contributed by atoms with E-state index in [1.54, 1.807) is 7.11 Å². The van der Waals surface area contributed by atoms with E-state index in [1.165, 1.54) is 19.3 Å². The van der Waals surface area contributed by atoms with Crippen LogP contribution in [0.4, 0.5) is 0 Å². The number of fused-ring (bicyclic) bond motifs is 1. The lowest BCUT2D eigenvalue weighted by Gasteiger charge is -2.11. The van der Waals surface area contributed by atoms with Crippen molar-refractivity contribution < 1.29 is 9.47 Å². The third-order valence-corrected chi connectivity index (χ3v) is 4.36. The summed E-state index contributed by atoms with van der Waals surface area (Å²) in [7, 11) is 1.66. The Bertz CT molecular complexity index is 586. The maximum Gasteiger partial charge on any atom is 0.138 e. The summed E-state index contributed by atoms with van der Waals surface area (Å²) in [6.45, 7) is 0.712. The average molecular weight is 372 g/mol. The van der Waals surface area contributed by atoms with Crippen molar-refractivity contribution in [3.63, 3.8) is 0 Å². The quantitative estimate of drug-likeness (QED) is 0.429. The molecule has 4 heteroatoms. The normalized spacial score (nSPS) is 10.8. The van der Waals surface area contributed by atoms with Gasteiger partial charge in [-0.15, -0.1) is 0 Å². The molecule has 114 valence electrons. The molecule has 2 aromatic rings. The smallest absolute Gasteiger partial charge is 0.138 e. The lowest BCUT2D eigenvalue weighted by atomic mass is 10.1. The number of rotatable bonds is 8. The van der Waals surface area contributed by atoms with Crippen LogP contribution in [-0.2, 0) is 0 Å². The van der Waals surface area contributed by atoms with E-state index in [0.717, 1.165) is 34.0 Å². The highest BCUT2D eigenvalue weighted by Gasteiger charge is 2.07.